The summed E-state index contributed by atoms with van der Waals surface area (Å²) in [6.45, 7) is 0. The zero-order valence-electron chi connectivity index (χ0n) is 7.34. The molecule has 0 unspecified atom stereocenters. The summed E-state index contributed by atoms with van der Waals surface area (Å²) in [5.41, 5.74) is 5.86. The first-order valence-corrected chi connectivity index (χ1v) is 4.00. The lowest BCUT2D eigenvalue weighted by Crippen LogP contribution is -2.32. The van der Waals surface area contributed by atoms with Gasteiger partial charge in [-0.1, -0.05) is 6.07 Å². The maximum Gasteiger partial charge on any atom is 0.320 e. The van der Waals surface area contributed by atoms with E-state index in [-0.39, 0.29) is 17.9 Å². The second kappa shape index (κ2) is 3.97. The average molecular weight is 196 g/mol. The van der Waals surface area contributed by atoms with E-state index in [1.54, 1.807) is 0 Å². The molecule has 0 bridgehead atoms. The standard InChI is InChI=1S/C9H11NO4/c10-6(9(13)14)3-5-1-2-7(11)8(12)4-5/h1-2,4,6,11-12H,3,10H2,(H,13,14)/t6-/m1/s1/i3-1. The Morgan fingerprint density at radius 1 is 1.36 bits per heavy atom. The van der Waals surface area contributed by atoms with E-state index in [0.717, 1.165) is 0 Å². The van der Waals surface area contributed by atoms with Crippen molar-refractivity contribution < 1.29 is 20.1 Å². The van der Waals surface area contributed by atoms with Crippen LogP contribution in [0.5, 0.6) is 11.5 Å². The van der Waals surface area contributed by atoms with Crippen LogP contribution in [0.15, 0.2) is 18.2 Å². The number of phenolic OH excluding ortho intramolecular Hbond substituents is 2. The second-order valence-corrected chi connectivity index (χ2v) is 2.97. The fraction of sp³-hybridized carbons (Fsp3) is 0.222. The number of rotatable bonds is 3. The molecule has 0 fully saturated rings. The van der Waals surface area contributed by atoms with Crippen LogP contribution in [-0.4, -0.2) is 27.3 Å². The van der Waals surface area contributed by atoms with Crippen LogP contribution in [0.3, 0.4) is 0 Å². The van der Waals surface area contributed by atoms with Gasteiger partial charge in [0, 0.05) is 0 Å². The minimum absolute atomic E-state index is 0.114. The molecule has 5 N–H and O–H groups in total. The van der Waals surface area contributed by atoms with E-state index < -0.39 is 12.0 Å². The van der Waals surface area contributed by atoms with Gasteiger partial charge >= 0.3 is 5.97 Å². The van der Waals surface area contributed by atoms with Gasteiger partial charge in [-0.25, -0.2) is 0 Å². The van der Waals surface area contributed by atoms with Gasteiger partial charge in [-0.15, -0.1) is 0 Å². The fourth-order valence-corrected chi connectivity index (χ4v) is 1.04. The third-order valence-corrected chi connectivity index (χ3v) is 1.81. The molecule has 1 aromatic rings. The van der Waals surface area contributed by atoms with Crippen molar-refractivity contribution in [2.45, 2.75) is 12.5 Å². The van der Waals surface area contributed by atoms with Crippen molar-refractivity contribution in [3.8, 4) is 11.5 Å². The van der Waals surface area contributed by atoms with Crippen LogP contribution in [0.4, 0.5) is 0 Å². The van der Waals surface area contributed by atoms with E-state index in [2.05, 4.69) is 0 Å². The molecule has 0 saturated heterocycles. The van der Waals surface area contributed by atoms with Crippen LogP contribution in [0.25, 0.3) is 0 Å². The maximum absolute atomic E-state index is 10.4. The third kappa shape index (κ3) is 2.37. The minimum atomic E-state index is -1.10. The predicted molar refractivity (Wildman–Crippen MR) is 49.1 cm³/mol. The number of carboxylic acid groups (broad SMARTS) is 1. The van der Waals surface area contributed by atoms with Crippen molar-refractivity contribution >= 4 is 5.97 Å². The highest BCUT2D eigenvalue weighted by Crippen LogP contribution is 2.25. The summed E-state index contributed by atoms with van der Waals surface area (Å²) < 4.78 is 0. The molecule has 0 amide bonds. The van der Waals surface area contributed by atoms with E-state index in [1.165, 1.54) is 18.2 Å². The Morgan fingerprint density at radius 2 is 2.00 bits per heavy atom. The summed E-state index contributed by atoms with van der Waals surface area (Å²) in [6.07, 6.45) is 0.114. The number of carbonyl (C=O) groups is 1. The molecule has 0 radical (unpaired) electrons. The van der Waals surface area contributed by atoms with Crippen LogP contribution in [0, 0.1) is 0 Å². The number of aromatic hydroxyl groups is 2. The maximum atomic E-state index is 10.4. The first kappa shape index (κ1) is 10.3. The van der Waals surface area contributed by atoms with Gasteiger partial charge in [0.2, 0.25) is 0 Å². The molecule has 0 aromatic heterocycles. The number of hydrogen-bond acceptors (Lipinski definition) is 4. The Morgan fingerprint density at radius 3 is 2.50 bits per heavy atom. The molecule has 1 aromatic carbocycles. The van der Waals surface area contributed by atoms with E-state index >= 15 is 0 Å². The Labute approximate surface area is 80.4 Å². The molecule has 0 saturated carbocycles. The van der Waals surface area contributed by atoms with E-state index in [0.29, 0.717) is 5.56 Å². The summed E-state index contributed by atoms with van der Waals surface area (Å²) in [6, 6.07) is 3.09. The SMILES string of the molecule is N[C@H]([11CH2]c1ccc(O)c(O)c1)C(=O)O. The normalized spacial score (nSPS) is 12.4. The number of benzene rings is 1. The average Bonchev–Trinajstić information content (AvgIpc) is 2.11. The van der Waals surface area contributed by atoms with Crippen molar-refractivity contribution in [1.29, 1.82) is 0 Å². The lowest BCUT2D eigenvalue weighted by atomic mass is 9.73. The molecule has 5 heteroatoms. The predicted octanol–water partition coefficient (Wildman–Crippen LogP) is 0.0522. The first-order chi connectivity index (χ1) is 6.50. The van der Waals surface area contributed by atoms with E-state index in [9.17, 15) is 4.79 Å². The van der Waals surface area contributed by atoms with Crippen molar-refractivity contribution in [1.82, 2.24) is 0 Å². The van der Waals surface area contributed by atoms with Gasteiger partial charge in [0.05, 0.1) is 0 Å². The molecule has 0 spiro atoms. The Balaban J connectivity index is 2.78. The first-order valence-electron chi connectivity index (χ1n) is 4.00. The van der Waals surface area contributed by atoms with E-state index in [4.69, 9.17) is 21.1 Å². The topological polar surface area (TPSA) is 104 Å². The molecule has 1 rings (SSSR count). The van der Waals surface area contributed by atoms with Gasteiger partial charge in [0.25, 0.3) is 0 Å². The van der Waals surface area contributed by atoms with Crippen LogP contribution in [0.1, 0.15) is 5.56 Å². The lowest BCUT2D eigenvalue weighted by Gasteiger charge is -2.06. The number of phenols is 2. The van der Waals surface area contributed by atoms with Crippen molar-refractivity contribution in [2.24, 2.45) is 5.73 Å². The quantitative estimate of drug-likeness (QED) is 0.511. The monoisotopic (exact) mass is 196 g/mol. The van der Waals surface area contributed by atoms with Crippen molar-refractivity contribution in [3.05, 3.63) is 23.8 Å². The zero-order chi connectivity index (χ0) is 10.7. The summed E-state index contributed by atoms with van der Waals surface area (Å²) in [5.74, 6) is -1.62. The molecule has 5 nitrogen and oxygen atoms in total. The molecular weight excluding hydrogens is 185 g/mol. The Bertz CT molecular complexity index is 351. The molecule has 0 heterocycles. The van der Waals surface area contributed by atoms with Crippen molar-refractivity contribution in [2.75, 3.05) is 0 Å². The number of hydrogen-bond donors (Lipinski definition) is 4. The summed E-state index contributed by atoms with van der Waals surface area (Å²) >= 11 is 0. The van der Waals surface area contributed by atoms with Crippen molar-refractivity contribution in [3.63, 3.8) is 0 Å². The van der Waals surface area contributed by atoms with Crippen LogP contribution in [0.2, 0.25) is 0 Å². The highest BCUT2D eigenvalue weighted by Gasteiger charge is 2.12. The summed E-state index contributed by atoms with van der Waals surface area (Å²) in [5, 5.41) is 26.6. The molecule has 0 aliphatic rings. The van der Waals surface area contributed by atoms with Crippen LogP contribution >= 0.6 is 0 Å². The number of nitrogens with two attached hydrogens (primary N) is 1. The summed E-state index contributed by atoms with van der Waals surface area (Å²) in [4.78, 5) is 10.4. The minimum Gasteiger partial charge on any atom is -0.504 e. The number of aliphatic carboxylic acids is 1. The molecule has 76 valence electrons. The van der Waals surface area contributed by atoms with Gasteiger partial charge in [-0.3, -0.25) is 4.79 Å². The van der Waals surface area contributed by atoms with Crippen LogP contribution in [-0.2, 0) is 11.2 Å². The van der Waals surface area contributed by atoms with Gasteiger partial charge < -0.3 is 21.1 Å². The van der Waals surface area contributed by atoms with Gasteiger partial charge in [0.1, 0.15) is 6.04 Å². The Kier molecular flexibility index (Phi) is 2.93. The molecule has 14 heavy (non-hydrogen) atoms. The zero-order valence-corrected chi connectivity index (χ0v) is 7.34. The fourth-order valence-electron chi connectivity index (χ4n) is 1.04. The van der Waals surface area contributed by atoms with E-state index in [1.807, 2.05) is 0 Å². The second-order valence-electron chi connectivity index (χ2n) is 2.97. The largest absolute Gasteiger partial charge is 0.504 e. The lowest BCUT2D eigenvalue weighted by molar-refractivity contribution is -0.138. The molecule has 0 aliphatic heterocycles. The highest BCUT2D eigenvalue weighted by molar-refractivity contribution is 5.73. The Hall–Kier alpha value is -1.75. The number of carboxylic acids is 1. The highest BCUT2D eigenvalue weighted by atomic mass is 16.4. The van der Waals surface area contributed by atoms with Gasteiger partial charge in [-0.2, -0.15) is 0 Å². The van der Waals surface area contributed by atoms with Gasteiger partial charge in [-0.05, 0) is 24.1 Å². The molecule has 1 atom stereocenters. The summed E-state index contributed by atoms with van der Waals surface area (Å²) in [7, 11) is 0. The molecule has 0 aliphatic carbocycles. The van der Waals surface area contributed by atoms with Gasteiger partial charge in [0.15, 0.2) is 11.5 Å². The molecular formula is C9H11NO4. The third-order valence-electron chi connectivity index (χ3n) is 1.81. The smallest absolute Gasteiger partial charge is 0.320 e. The van der Waals surface area contributed by atoms with Crippen LogP contribution < -0.4 is 5.73 Å².